The average molecular weight is 509 g/mol. The summed E-state index contributed by atoms with van der Waals surface area (Å²) in [7, 11) is -3.90. The second-order valence-corrected chi connectivity index (χ2v) is 9.78. The summed E-state index contributed by atoms with van der Waals surface area (Å²) in [4.78, 5) is 16.6. The van der Waals surface area contributed by atoms with E-state index in [-0.39, 0.29) is 24.5 Å². The summed E-state index contributed by atoms with van der Waals surface area (Å²) in [6.45, 7) is 0.0127. The Morgan fingerprint density at radius 3 is 2.23 bits per heavy atom. The number of sulfonamides is 1. The number of nitrogens with zero attached hydrogens (tertiary/aromatic N) is 2. The minimum atomic E-state index is -3.90. The number of aromatic nitrogens is 1. The van der Waals surface area contributed by atoms with Crippen LogP contribution in [0.5, 0.6) is 0 Å². The van der Waals surface area contributed by atoms with Crippen LogP contribution in [-0.4, -0.2) is 30.2 Å². The van der Waals surface area contributed by atoms with Crippen LogP contribution in [0.4, 0.5) is 0 Å². The van der Waals surface area contributed by atoms with Crippen LogP contribution in [0.3, 0.4) is 0 Å². The van der Waals surface area contributed by atoms with E-state index in [4.69, 9.17) is 11.6 Å². The zero-order valence-corrected chi connectivity index (χ0v) is 19.0. The Labute approximate surface area is 189 Å². The number of halogens is 2. The van der Waals surface area contributed by atoms with Crippen molar-refractivity contribution in [2.75, 3.05) is 6.54 Å². The third kappa shape index (κ3) is 6.12. The highest BCUT2D eigenvalue weighted by atomic mass is 79.9. The summed E-state index contributed by atoms with van der Waals surface area (Å²) in [6, 6.07) is 16.7. The Hall–Kier alpha value is -2.26. The van der Waals surface area contributed by atoms with Crippen molar-refractivity contribution >= 4 is 43.5 Å². The molecule has 0 saturated carbocycles. The minimum absolute atomic E-state index is 0.0399. The Morgan fingerprint density at radius 2 is 1.60 bits per heavy atom. The van der Waals surface area contributed by atoms with Gasteiger partial charge in [0.1, 0.15) is 0 Å². The van der Waals surface area contributed by atoms with E-state index in [1.807, 2.05) is 0 Å². The van der Waals surface area contributed by atoms with Crippen LogP contribution in [0.15, 0.2) is 82.4 Å². The number of pyridine rings is 1. The van der Waals surface area contributed by atoms with E-state index in [2.05, 4.69) is 26.2 Å². The second-order valence-electron chi connectivity index (χ2n) is 6.49. The number of amides is 1. The molecule has 30 heavy (non-hydrogen) atoms. The SMILES string of the molecule is O=C(CN(Cc1ccc(Cl)cc1)S(=O)(=O)c1ccc(Br)cc1)NCc1ccncc1. The Bertz CT molecular complexity index is 1090. The van der Waals surface area contributed by atoms with Crippen molar-refractivity contribution in [1.82, 2.24) is 14.6 Å². The van der Waals surface area contributed by atoms with Crippen molar-refractivity contribution in [3.63, 3.8) is 0 Å². The summed E-state index contributed by atoms with van der Waals surface area (Å²) >= 11 is 9.23. The van der Waals surface area contributed by atoms with Crippen LogP contribution in [0, 0.1) is 0 Å². The molecule has 3 rings (SSSR count). The van der Waals surface area contributed by atoms with Crippen molar-refractivity contribution in [3.8, 4) is 0 Å². The molecule has 1 heterocycles. The number of carbonyl (C=O) groups excluding carboxylic acids is 1. The molecule has 156 valence electrons. The quantitative estimate of drug-likeness (QED) is 0.499. The largest absolute Gasteiger partial charge is 0.351 e. The average Bonchev–Trinajstić information content (AvgIpc) is 2.74. The standard InChI is InChI=1S/C21H19BrClN3O3S/c22-18-3-7-20(8-4-18)30(28,29)26(14-17-1-5-19(23)6-2-17)15-21(27)25-13-16-9-11-24-12-10-16/h1-12H,13-15H2,(H,25,27). The predicted octanol–water partition coefficient (Wildman–Crippen LogP) is 4.00. The summed E-state index contributed by atoms with van der Waals surface area (Å²) < 4.78 is 28.4. The molecule has 0 bridgehead atoms. The first-order valence-electron chi connectivity index (χ1n) is 9.00. The van der Waals surface area contributed by atoms with E-state index in [0.29, 0.717) is 5.02 Å². The van der Waals surface area contributed by atoms with Crippen LogP contribution in [-0.2, 0) is 27.9 Å². The van der Waals surface area contributed by atoms with Gasteiger partial charge >= 0.3 is 0 Å². The van der Waals surface area contributed by atoms with E-state index >= 15 is 0 Å². The van der Waals surface area contributed by atoms with Gasteiger partial charge in [0.15, 0.2) is 0 Å². The Morgan fingerprint density at radius 1 is 0.967 bits per heavy atom. The molecule has 0 atom stereocenters. The minimum Gasteiger partial charge on any atom is -0.351 e. The van der Waals surface area contributed by atoms with E-state index < -0.39 is 15.9 Å². The van der Waals surface area contributed by atoms with E-state index in [0.717, 1.165) is 19.9 Å². The van der Waals surface area contributed by atoms with Gasteiger partial charge in [-0.05, 0) is 59.7 Å². The van der Waals surface area contributed by atoms with Crippen LogP contribution in [0.1, 0.15) is 11.1 Å². The fraction of sp³-hybridized carbons (Fsp3) is 0.143. The molecule has 1 aromatic heterocycles. The van der Waals surface area contributed by atoms with Crippen molar-refractivity contribution in [2.45, 2.75) is 18.0 Å². The molecule has 3 aromatic rings. The summed E-state index contributed by atoms with van der Waals surface area (Å²) in [5.74, 6) is -0.401. The lowest BCUT2D eigenvalue weighted by molar-refractivity contribution is -0.121. The lowest BCUT2D eigenvalue weighted by Crippen LogP contribution is -2.40. The first-order valence-corrected chi connectivity index (χ1v) is 11.6. The number of rotatable bonds is 8. The number of benzene rings is 2. The smallest absolute Gasteiger partial charge is 0.243 e. The molecule has 0 fully saturated rings. The molecule has 1 amide bonds. The van der Waals surface area contributed by atoms with Gasteiger partial charge < -0.3 is 5.32 Å². The summed E-state index contributed by atoms with van der Waals surface area (Å²) in [5.41, 5.74) is 1.60. The van der Waals surface area contributed by atoms with Gasteiger partial charge in [-0.1, -0.05) is 39.7 Å². The van der Waals surface area contributed by atoms with Crippen molar-refractivity contribution in [2.24, 2.45) is 0 Å². The molecule has 0 radical (unpaired) electrons. The van der Waals surface area contributed by atoms with E-state index in [9.17, 15) is 13.2 Å². The van der Waals surface area contributed by atoms with Crippen LogP contribution < -0.4 is 5.32 Å². The van der Waals surface area contributed by atoms with Crippen LogP contribution >= 0.6 is 27.5 Å². The summed E-state index contributed by atoms with van der Waals surface area (Å²) in [5, 5.41) is 3.31. The topological polar surface area (TPSA) is 79.4 Å². The highest BCUT2D eigenvalue weighted by Crippen LogP contribution is 2.21. The van der Waals surface area contributed by atoms with Gasteiger partial charge in [-0.25, -0.2) is 8.42 Å². The number of hydrogen-bond acceptors (Lipinski definition) is 4. The highest BCUT2D eigenvalue weighted by molar-refractivity contribution is 9.10. The molecule has 0 unspecified atom stereocenters. The molecule has 0 aliphatic carbocycles. The molecular formula is C21H19BrClN3O3S. The first-order chi connectivity index (χ1) is 14.3. The number of nitrogens with one attached hydrogen (secondary N) is 1. The lowest BCUT2D eigenvalue weighted by atomic mass is 10.2. The van der Waals surface area contributed by atoms with E-state index in [1.165, 1.54) is 12.1 Å². The van der Waals surface area contributed by atoms with Crippen LogP contribution in [0.25, 0.3) is 0 Å². The zero-order chi connectivity index (χ0) is 21.6. The highest BCUT2D eigenvalue weighted by Gasteiger charge is 2.27. The fourth-order valence-electron chi connectivity index (χ4n) is 2.69. The molecule has 0 saturated heterocycles. The Kier molecular flexibility index (Phi) is 7.60. The molecule has 0 aliphatic heterocycles. The molecule has 6 nitrogen and oxygen atoms in total. The van der Waals surface area contributed by atoms with Gasteiger partial charge in [0.2, 0.25) is 15.9 Å². The zero-order valence-electron chi connectivity index (χ0n) is 15.8. The van der Waals surface area contributed by atoms with Gasteiger partial charge in [0.25, 0.3) is 0 Å². The van der Waals surface area contributed by atoms with Gasteiger partial charge in [0, 0.05) is 35.0 Å². The van der Waals surface area contributed by atoms with Gasteiger partial charge in [-0.3, -0.25) is 9.78 Å². The lowest BCUT2D eigenvalue weighted by Gasteiger charge is -2.22. The van der Waals surface area contributed by atoms with Gasteiger partial charge in [0.05, 0.1) is 11.4 Å². The third-order valence-electron chi connectivity index (χ3n) is 4.28. The number of carbonyl (C=O) groups is 1. The second kappa shape index (κ2) is 10.2. The first kappa shape index (κ1) is 22.4. The van der Waals surface area contributed by atoms with E-state index in [1.54, 1.807) is 60.9 Å². The fourth-order valence-corrected chi connectivity index (χ4v) is 4.47. The van der Waals surface area contributed by atoms with Gasteiger partial charge in [-0.15, -0.1) is 0 Å². The van der Waals surface area contributed by atoms with Crippen molar-refractivity contribution in [1.29, 1.82) is 0 Å². The maximum absolute atomic E-state index is 13.2. The molecule has 0 spiro atoms. The maximum atomic E-state index is 13.2. The predicted molar refractivity (Wildman–Crippen MR) is 119 cm³/mol. The normalized spacial score (nSPS) is 11.4. The van der Waals surface area contributed by atoms with Crippen LogP contribution in [0.2, 0.25) is 5.02 Å². The molecule has 2 aromatic carbocycles. The third-order valence-corrected chi connectivity index (χ3v) is 6.87. The van der Waals surface area contributed by atoms with Gasteiger partial charge in [-0.2, -0.15) is 4.31 Å². The molecule has 0 aliphatic rings. The molecule has 9 heteroatoms. The number of hydrogen-bond donors (Lipinski definition) is 1. The molecule has 1 N–H and O–H groups in total. The maximum Gasteiger partial charge on any atom is 0.243 e. The van der Waals surface area contributed by atoms with Crippen molar-refractivity contribution < 1.29 is 13.2 Å². The molecular weight excluding hydrogens is 490 g/mol. The van der Waals surface area contributed by atoms with Crippen molar-refractivity contribution in [3.05, 3.63) is 93.7 Å². The Balaban J connectivity index is 1.80. The monoisotopic (exact) mass is 507 g/mol. The summed E-state index contributed by atoms with van der Waals surface area (Å²) in [6.07, 6.45) is 3.26.